The van der Waals surface area contributed by atoms with Crippen LogP contribution in [-0.4, -0.2) is 66.9 Å². The minimum atomic E-state index is -3.27. The maximum atomic E-state index is 12.2. The summed E-state index contributed by atoms with van der Waals surface area (Å²) >= 11 is 0. The van der Waals surface area contributed by atoms with E-state index >= 15 is 0 Å². The molecule has 148 valence electrons. The van der Waals surface area contributed by atoms with E-state index in [4.69, 9.17) is 14.6 Å². The summed E-state index contributed by atoms with van der Waals surface area (Å²) in [6, 6.07) is 8.12. The largest absolute Gasteiger partial charge is 0.483 e. The number of sulfonamides is 1. The molecule has 1 aromatic carbocycles. The molecule has 27 heavy (non-hydrogen) atoms. The third-order valence-corrected chi connectivity index (χ3v) is 6.41. The molecule has 2 heterocycles. The fraction of sp³-hybridized carbons (Fsp3) is 0.444. The van der Waals surface area contributed by atoms with Gasteiger partial charge in [0.2, 0.25) is 10.0 Å². The molecule has 0 bridgehead atoms. The number of nitrogens with zero attached hydrogens (tertiary/aromatic N) is 3. The molecule has 3 rings (SSSR count). The molecule has 8 nitrogen and oxygen atoms in total. The lowest BCUT2D eigenvalue weighted by Crippen LogP contribution is -2.32. The Kier molecular flexibility index (Phi) is 7.11. The second-order valence-electron chi connectivity index (χ2n) is 6.56. The van der Waals surface area contributed by atoms with Crippen LogP contribution in [0.2, 0.25) is 0 Å². The summed E-state index contributed by atoms with van der Waals surface area (Å²) in [5, 5.41) is 6.89. The van der Waals surface area contributed by atoms with Gasteiger partial charge in [-0.15, -0.1) is 0 Å². The average molecular weight is 395 g/mol. The van der Waals surface area contributed by atoms with Crippen molar-refractivity contribution in [2.45, 2.75) is 13.0 Å². The Morgan fingerprint density at radius 2 is 2.07 bits per heavy atom. The van der Waals surface area contributed by atoms with E-state index in [-0.39, 0.29) is 24.2 Å². The summed E-state index contributed by atoms with van der Waals surface area (Å²) in [5.74, 6) is 0.840. The molecular weight excluding hydrogens is 370 g/mol. The van der Waals surface area contributed by atoms with Gasteiger partial charge in [-0.25, -0.2) is 17.7 Å². The van der Waals surface area contributed by atoms with Gasteiger partial charge in [0.1, 0.15) is 5.82 Å². The molecule has 1 N–H and O–H groups in total. The van der Waals surface area contributed by atoms with E-state index in [2.05, 4.69) is 15.6 Å². The van der Waals surface area contributed by atoms with Crippen LogP contribution in [0.25, 0.3) is 11.4 Å². The van der Waals surface area contributed by atoms with E-state index in [1.54, 1.807) is 20.3 Å². The lowest BCUT2D eigenvalue weighted by atomic mass is 10.1. The number of aromatic nitrogens is 2. The minimum absolute atomic E-state index is 0.0299. The zero-order valence-corrected chi connectivity index (χ0v) is 16.5. The highest BCUT2D eigenvalue weighted by atomic mass is 32.2. The molecule has 1 aliphatic heterocycles. The maximum absolute atomic E-state index is 12.2. The average Bonchev–Trinajstić information content (AvgIpc) is 3.23. The predicted octanol–water partition coefficient (Wildman–Crippen LogP) is 1.64. The Balaban J connectivity index is 0.000000817. The number of carboxylic acid groups (broad SMARTS) is 1. The Hall–Kier alpha value is -2.23. The predicted molar refractivity (Wildman–Crippen MR) is 102 cm³/mol. The van der Waals surface area contributed by atoms with Gasteiger partial charge in [-0.1, -0.05) is 23.8 Å². The van der Waals surface area contributed by atoms with Crippen molar-refractivity contribution in [3.8, 4) is 11.4 Å². The molecule has 0 radical (unpaired) electrons. The number of benzene rings is 1. The summed E-state index contributed by atoms with van der Waals surface area (Å²) in [7, 11) is -0.140. The van der Waals surface area contributed by atoms with Gasteiger partial charge >= 0.3 is 0 Å². The SMILES string of the molecule is Cc1cccc(-c2nccn2[C@@H]2COC[C@@H]2CS(=O)(=O)N(C)C)c1.O=CO. The molecule has 2 aromatic rings. The monoisotopic (exact) mass is 395 g/mol. The van der Waals surface area contributed by atoms with Crippen LogP contribution in [0.1, 0.15) is 11.6 Å². The quantitative estimate of drug-likeness (QED) is 0.772. The molecule has 1 aliphatic rings. The van der Waals surface area contributed by atoms with Gasteiger partial charge in [-0.3, -0.25) is 4.79 Å². The van der Waals surface area contributed by atoms with E-state index < -0.39 is 10.0 Å². The van der Waals surface area contributed by atoms with Crippen molar-refractivity contribution in [2.75, 3.05) is 33.1 Å². The summed E-state index contributed by atoms with van der Waals surface area (Å²) in [6.45, 7) is 2.74. The van der Waals surface area contributed by atoms with Crippen LogP contribution in [-0.2, 0) is 19.6 Å². The number of aryl methyl sites for hydroxylation is 1. The Labute approximate surface area is 159 Å². The van der Waals surface area contributed by atoms with E-state index in [0.717, 1.165) is 17.0 Å². The van der Waals surface area contributed by atoms with Crippen LogP contribution in [0, 0.1) is 12.8 Å². The summed E-state index contributed by atoms with van der Waals surface area (Å²) in [5.41, 5.74) is 2.19. The normalized spacial score (nSPS) is 19.6. The first kappa shape index (κ1) is 21.1. The van der Waals surface area contributed by atoms with Gasteiger partial charge in [-0.05, 0) is 13.0 Å². The molecule has 1 saturated heterocycles. The van der Waals surface area contributed by atoms with Crippen molar-refractivity contribution in [3.63, 3.8) is 0 Å². The molecule has 0 aliphatic carbocycles. The van der Waals surface area contributed by atoms with Crippen molar-refractivity contribution in [1.82, 2.24) is 13.9 Å². The molecule has 0 saturated carbocycles. The zero-order chi connectivity index (χ0) is 20.0. The second kappa shape index (κ2) is 9.12. The van der Waals surface area contributed by atoms with Crippen molar-refractivity contribution < 1.29 is 23.1 Å². The van der Waals surface area contributed by atoms with Gasteiger partial charge < -0.3 is 14.4 Å². The molecule has 9 heteroatoms. The van der Waals surface area contributed by atoms with Crippen molar-refractivity contribution in [3.05, 3.63) is 42.2 Å². The molecule has 0 amide bonds. The number of carbonyl (C=O) groups is 1. The lowest BCUT2D eigenvalue weighted by Gasteiger charge is -2.22. The van der Waals surface area contributed by atoms with Crippen molar-refractivity contribution in [1.29, 1.82) is 0 Å². The first-order valence-corrected chi connectivity index (χ1v) is 10.1. The number of hydrogen-bond acceptors (Lipinski definition) is 5. The van der Waals surface area contributed by atoms with Crippen molar-refractivity contribution >= 4 is 16.5 Å². The Bertz CT molecular complexity index is 863. The Morgan fingerprint density at radius 3 is 2.70 bits per heavy atom. The van der Waals surface area contributed by atoms with E-state index in [1.165, 1.54) is 4.31 Å². The van der Waals surface area contributed by atoms with Crippen LogP contribution >= 0.6 is 0 Å². The lowest BCUT2D eigenvalue weighted by molar-refractivity contribution is -0.122. The molecule has 0 unspecified atom stereocenters. The fourth-order valence-corrected chi connectivity index (χ4v) is 4.22. The van der Waals surface area contributed by atoms with Crippen LogP contribution in [0.5, 0.6) is 0 Å². The van der Waals surface area contributed by atoms with Crippen molar-refractivity contribution in [2.24, 2.45) is 5.92 Å². The maximum Gasteiger partial charge on any atom is 0.290 e. The molecule has 2 atom stereocenters. The molecule has 1 aromatic heterocycles. The number of imidazole rings is 1. The standard InChI is InChI=1S/C17H23N3O3S.CH2O2/c1-13-5-4-6-14(9-13)17-18-7-8-20(17)16-11-23-10-15(16)12-24(21,22)19(2)3;2-1-3/h4-9,15-16H,10-12H2,1-3H3;1H,(H,2,3)/t15-,16-;/m1./s1. The first-order valence-electron chi connectivity index (χ1n) is 8.45. The van der Waals surface area contributed by atoms with E-state index in [9.17, 15) is 8.42 Å². The Morgan fingerprint density at radius 1 is 1.37 bits per heavy atom. The zero-order valence-electron chi connectivity index (χ0n) is 15.6. The van der Waals surface area contributed by atoms with Gasteiger partial charge in [0.25, 0.3) is 6.47 Å². The van der Waals surface area contributed by atoms with Gasteiger partial charge in [0.15, 0.2) is 0 Å². The first-order chi connectivity index (χ1) is 12.8. The van der Waals surface area contributed by atoms with Gasteiger partial charge in [-0.2, -0.15) is 0 Å². The van der Waals surface area contributed by atoms with Gasteiger partial charge in [0, 0.05) is 38.0 Å². The highest BCUT2D eigenvalue weighted by molar-refractivity contribution is 7.89. The molecular formula is C18H25N3O5S. The highest BCUT2D eigenvalue weighted by Crippen LogP contribution is 2.31. The molecule has 1 fully saturated rings. The third kappa shape index (κ3) is 5.15. The third-order valence-electron chi connectivity index (χ3n) is 4.45. The van der Waals surface area contributed by atoms with Gasteiger partial charge in [0.05, 0.1) is 25.0 Å². The second-order valence-corrected chi connectivity index (χ2v) is 8.79. The van der Waals surface area contributed by atoms with Crippen LogP contribution < -0.4 is 0 Å². The summed E-state index contributed by atoms with van der Waals surface area (Å²) in [4.78, 5) is 12.8. The summed E-state index contributed by atoms with van der Waals surface area (Å²) < 4.78 is 33.4. The van der Waals surface area contributed by atoms with E-state index in [0.29, 0.717) is 13.2 Å². The topological polar surface area (TPSA) is 102 Å². The molecule has 0 spiro atoms. The number of rotatable bonds is 5. The van der Waals surface area contributed by atoms with Crippen LogP contribution in [0.4, 0.5) is 0 Å². The smallest absolute Gasteiger partial charge is 0.290 e. The minimum Gasteiger partial charge on any atom is -0.483 e. The fourth-order valence-electron chi connectivity index (χ4n) is 3.06. The van der Waals surface area contributed by atoms with Crippen LogP contribution in [0.15, 0.2) is 36.7 Å². The number of hydrogen-bond donors (Lipinski definition) is 1. The van der Waals surface area contributed by atoms with E-state index in [1.807, 2.05) is 31.3 Å². The number of ether oxygens (including phenoxy) is 1. The summed E-state index contributed by atoms with van der Waals surface area (Å²) in [6.07, 6.45) is 3.67. The highest BCUT2D eigenvalue weighted by Gasteiger charge is 2.35. The van der Waals surface area contributed by atoms with Crippen LogP contribution in [0.3, 0.4) is 0 Å².